The Morgan fingerprint density at radius 2 is 1.82 bits per heavy atom. The van der Waals surface area contributed by atoms with E-state index in [9.17, 15) is 4.39 Å². The average Bonchev–Trinajstić information content (AvgIpc) is 2.58. The molecule has 0 amide bonds. The zero-order valence-corrected chi connectivity index (χ0v) is 12.5. The molecule has 4 nitrogen and oxygen atoms in total. The van der Waals surface area contributed by atoms with Crippen molar-refractivity contribution >= 4 is 5.82 Å². The fraction of sp³-hybridized carbons (Fsp3) is 0.412. The molecule has 0 aliphatic carbocycles. The highest BCUT2D eigenvalue weighted by molar-refractivity contribution is 5.41. The van der Waals surface area contributed by atoms with Crippen molar-refractivity contribution in [2.24, 2.45) is 0 Å². The van der Waals surface area contributed by atoms with Crippen LogP contribution in [0, 0.1) is 5.82 Å². The van der Waals surface area contributed by atoms with Gasteiger partial charge in [0.1, 0.15) is 18.0 Å². The van der Waals surface area contributed by atoms with Gasteiger partial charge in [0.15, 0.2) is 0 Å². The standard InChI is InChI=1S/C17H20FN3O/c18-15-6-4-14(5-7-15)8-11-22-17-12-16(19-13-20-17)21-9-2-1-3-10-21/h4-7,12-13H,1-3,8-11H2. The molecule has 0 radical (unpaired) electrons. The van der Waals surface area contributed by atoms with Gasteiger partial charge >= 0.3 is 0 Å². The van der Waals surface area contributed by atoms with Crippen LogP contribution in [0.15, 0.2) is 36.7 Å². The van der Waals surface area contributed by atoms with Crippen LogP contribution in [-0.2, 0) is 6.42 Å². The summed E-state index contributed by atoms with van der Waals surface area (Å²) in [6, 6.07) is 8.38. The Balaban J connectivity index is 1.55. The normalized spacial score (nSPS) is 14.9. The van der Waals surface area contributed by atoms with Crippen molar-refractivity contribution in [3.63, 3.8) is 0 Å². The van der Waals surface area contributed by atoms with E-state index in [4.69, 9.17) is 4.74 Å². The Kier molecular flexibility index (Phi) is 4.83. The molecule has 1 aliphatic rings. The molecular formula is C17H20FN3O. The van der Waals surface area contributed by atoms with Gasteiger partial charge in [-0.2, -0.15) is 0 Å². The van der Waals surface area contributed by atoms with Gasteiger partial charge in [0.2, 0.25) is 5.88 Å². The molecule has 0 unspecified atom stereocenters. The second-order valence-electron chi connectivity index (χ2n) is 5.49. The second-order valence-corrected chi connectivity index (χ2v) is 5.49. The molecule has 5 heteroatoms. The molecule has 1 aromatic carbocycles. The summed E-state index contributed by atoms with van der Waals surface area (Å²) in [5.74, 6) is 1.32. The molecule has 1 aliphatic heterocycles. The third-order valence-corrected chi connectivity index (χ3v) is 3.86. The maximum Gasteiger partial charge on any atom is 0.218 e. The van der Waals surface area contributed by atoms with Crippen molar-refractivity contribution < 1.29 is 9.13 Å². The van der Waals surface area contributed by atoms with E-state index in [1.54, 1.807) is 18.5 Å². The Morgan fingerprint density at radius 3 is 2.59 bits per heavy atom. The van der Waals surface area contributed by atoms with E-state index in [2.05, 4.69) is 14.9 Å². The number of rotatable bonds is 5. The van der Waals surface area contributed by atoms with Crippen molar-refractivity contribution in [3.8, 4) is 5.88 Å². The SMILES string of the molecule is Fc1ccc(CCOc2cc(N3CCCCC3)ncn2)cc1. The first-order chi connectivity index (χ1) is 10.8. The first kappa shape index (κ1) is 14.8. The molecule has 0 N–H and O–H groups in total. The Hall–Kier alpha value is -2.17. The number of hydrogen-bond acceptors (Lipinski definition) is 4. The largest absolute Gasteiger partial charge is 0.477 e. The van der Waals surface area contributed by atoms with Gasteiger partial charge in [0.25, 0.3) is 0 Å². The summed E-state index contributed by atoms with van der Waals surface area (Å²) < 4.78 is 18.5. The van der Waals surface area contributed by atoms with Crippen molar-refractivity contribution in [3.05, 3.63) is 48.0 Å². The molecule has 22 heavy (non-hydrogen) atoms. The van der Waals surface area contributed by atoms with E-state index in [0.29, 0.717) is 12.5 Å². The average molecular weight is 301 g/mol. The highest BCUT2D eigenvalue weighted by atomic mass is 19.1. The molecule has 1 saturated heterocycles. The minimum absolute atomic E-state index is 0.216. The maximum absolute atomic E-state index is 12.8. The van der Waals surface area contributed by atoms with Gasteiger partial charge in [-0.1, -0.05) is 12.1 Å². The molecule has 2 heterocycles. The quantitative estimate of drug-likeness (QED) is 0.850. The number of ether oxygens (including phenoxy) is 1. The predicted octanol–water partition coefficient (Wildman–Crippen LogP) is 3.23. The minimum Gasteiger partial charge on any atom is -0.477 e. The van der Waals surface area contributed by atoms with E-state index in [0.717, 1.165) is 30.9 Å². The third-order valence-electron chi connectivity index (χ3n) is 3.86. The fourth-order valence-corrected chi connectivity index (χ4v) is 2.63. The van der Waals surface area contributed by atoms with Gasteiger partial charge in [-0.3, -0.25) is 0 Å². The van der Waals surface area contributed by atoms with Crippen molar-refractivity contribution in [2.45, 2.75) is 25.7 Å². The molecular weight excluding hydrogens is 281 g/mol. The number of halogens is 1. The van der Waals surface area contributed by atoms with Crippen molar-refractivity contribution in [2.75, 3.05) is 24.6 Å². The lowest BCUT2D eigenvalue weighted by Gasteiger charge is -2.27. The Bertz CT molecular complexity index is 597. The van der Waals surface area contributed by atoms with Crippen LogP contribution in [0.4, 0.5) is 10.2 Å². The topological polar surface area (TPSA) is 38.2 Å². The zero-order valence-electron chi connectivity index (χ0n) is 12.5. The lowest BCUT2D eigenvalue weighted by Crippen LogP contribution is -2.30. The lowest BCUT2D eigenvalue weighted by atomic mass is 10.1. The zero-order chi connectivity index (χ0) is 15.2. The summed E-state index contributed by atoms with van der Waals surface area (Å²) in [6.45, 7) is 2.61. The number of nitrogens with zero attached hydrogens (tertiary/aromatic N) is 3. The van der Waals surface area contributed by atoms with Gasteiger partial charge in [0.05, 0.1) is 6.61 Å². The third kappa shape index (κ3) is 3.93. The van der Waals surface area contributed by atoms with Gasteiger partial charge in [-0.05, 0) is 37.0 Å². The van der Waals surface area contributed by atoms with Gasteiger partial charge in [-0.25, -0.2) is 14.4 Å². The molecule has 0 saturated carbocycles. The van der Waals surface area contributed by atoms with E-state index in [1.165, 1.54) is 31.4 Å². The van der Waals surface area contributed by atoms with Crippen molar-refractivity contribution in [1.82, 2.24) is 9.97 Å². The maximum atomic E-state index is 12.8. The number of anilines is 1. The summed E-state index contributed by atoms with van der Waals surface area (Å²) in [7, 11) is 0. The highest BCUT2D eigenvalue weighted by Crippen LogP contribution is 2.20. The summed E-state index contributed by atoms with van der Waals surface area (Å²) in [5, 5.41) is 0. The molecule has 0 atom stereocenters. The van der Waals surface area contributed by atoms with Crippen LogP contribution in [0.2, 0.25) is 0 Å². The van der Waals surface area contributed by atoms with Gasteiger partial charge in [0, 0.05) is 25.6 Å². The number of hydrogen-bond donors (Lipinski definition) is 0. The highest BCUT2D eigenvalue weighted by Gasteiger charge is 2.13. The second kappa shape index (κ2) is 7.20. The summed E-state index contributed by atoms with van der Waals surface area (Å²) >= 11 is 0. The van der Waals surface area contributed by atoms with Gasteiger partial charge < -0.3 is 9.64 Å². The number of piperidine rings is 1. The summed E-state index contributed by atoms with van der Waals surface area (Å²) in [5.41, 5.74) is 1.05. The smallest absolute Gasteiger partial charge is 0.218 e. The van der Waals surface area contributed by atoms with Crippen LogP contribution in [0.1, 0.15) is 24.8 Å². The van der Waals surface area contributed by atoms with E-state index in [1.807, 2.05) is 6.07 Å². The van der Waals surface area contributed by atoms with E-state index >= 15 is 0 Å². The monoisotopic (exact) mass is 301 g/mol. The van der Waals surface area contributed by atoms with Crippen LogP contribution in [0.25, 0.3) is 0 Å². The van der Waals surface area contributed by atoms with Crippen LogP contribution in [0.3, 0.4) is 0 Å². The van der Waals surface area contributed by atoms with Crippen LogP contribution >= 0.6 is 0 Å². The number of aromatic nitrogens is 2. The van der Waals surface area contributed by atoms with Gasteiger partial charge in [-0.15, -0.1) is 0 Å². The number of benzene rings is 1. The Morgan fingerprint density at radius 1 is 1.05 bits per heavy atom. The Labute approximate surface area is 130 Å². The molecule has 0 spiro atoms. The molecule has 116 valence electrons. The van der Waals surface area contributed by atoms with Crippen LogP contribution < -0.4 is 9.64 Å². The van der Waals surface area contributed by atoms with Crippen molar-refractivity contribution in [1.29, 1.82) is 0 Å². The van der Waals surface area contributed by atoms with E-state index < -0.39 is 0 Å². The lowest BCUT2D eigenvalue weighted by molar-refractivity contribution is 0.309. The molecule has 0 bridgehead atoms. The molecule has 2 aromatic rings. The molecule has 1 fully saturated rings. The van der Waals surface area contributed by atoms with Crippen LogP contribution in [0.5, 0.6) is 5.88 Å². The predicted molar refractivity (Wildman–Crippen MR) is 83.7 cm³/mol. The van der Waals surface area contributed by atoms with E-state index in [-0.39, 0.29) is 5.82 Å². The summed E-state index contributed by atoms with van der Waals surface area (Å²) in [6.07, 6.45) is 6.00. The first-order valence-electron chi connectivity index (χ1n) is 7.75. The fourth-order valence-electron chi connectivity index (χ4n) is 2.63. The van der Waals surface area contributed by atoms with Crippen LogP contribution in [-0.4, -0.2) is 29.7 Å². The molecule has 1 aromatic heterocycles. The minimum atomic E-state index is -0.216. The first-order valence-corrected chi connectivity index (χ1v) is 7.75. The molecule has 3 rings (SSSR count). The summed E-state index contributed by atoms with van der Waals surface area (Å²) in [4.78, 5) is 10.8.